The Hall–Kier alpha value is -3.31. The molecule has 30 heavy (non-hydrogen) atoms. The molecule has 0 saturated heterocycles. The van der Waals surface area contributed by atoms with Crippen LogP contribution in [-0.4, -0.2) is 31.0 Å². The molecular weight excluding hydrogens is 425 g/mol. The van der Waals surface area contributed by atoms with Crippen molar-refractivity contribution < 1.29 is 45.1 Å². The number of amides is 3. The summed E-state index contributed by atoms with van der Waals surface area (Å²) in [5.41, 5.74) is -1.58. The predicted octanol–water partition coefficient (Wildman–Crippen LogP) is 4.72. The van der Waals surface area contributed by atoms with Gasteiger partial charge in [0, 0.05) is 12.6 Å². The number of nitrogens with zero attached hydrogens (tertiary/aromatic N) is 1. The number of imide groups is 1. The average molecular weight is 438 g/mol. The molecule has 2 aromatic carbocycles. The van der Waals surface area contributed by atoms with Gasteiger partial charge in [0.2, 0.25) is 0 Å². The first kappa shape index (κ1) is 23.0. The van der Waals surface area contributed by atoms with E-state index in [1.165, 1.54) is 6.92 Å². The van der Waals surface area contributed by atoms with E-state index in [0.29, 0.717) is 17.0 Å². The van der Waals surface area contributed by atoms with Crippen LogP contribution in [0.5, 0.6) is 5.75 Å². The average Bonchev–Trinajstić information content (AvgIpc) is 2.63. The number of nitrogens with one attached hydrogen (secondary N) is 1. The molecule has 0 fully saturated rings. The van der Waals surface area contributed by atoms with Crippen molar-refractivity contribution in [1.82, 2.24) is 5.32 Å². The van der Waals surface area contributed by atoms with Gasteiger partial charge in [-0.05, 0) is 31.2 Å². The Morgan fingerprint density at radius 3 is 2.17 bits per heavy atom. The summed E-state index contributed by atoms with van der Waals surface area (Å²) in [6, 6.07) is 3.09. The summed E-state index contributed by atoms with van der Waals surface area (Å²) >= 11 is 0. The predicted molar refractivity (Wildman–Crippen MR) is 90.2 cm³/mol. The van der Waals surface area contributed by atoms with E-state index in [2.05, 4.69) is 4.74 Å². The number of hydrogen-bond donors (Lipinski definition) is 1. The standard InChI is InChI=1S/C18H13F7N2O3/c1-2-27(17(29)26-15(28)14-10(19)4-3-5-11(14)20)13-7-6-9(8-12(13)21)30-18(24,25)16(22)23/h3-8,16H,2H2,1H3,(H,26,28,29). The minimum Gasteiger partial charge on any atom is -0.428 e. The normalized spacial score (nSPS) is 11.4. The molecule has 0 heterocycles. The quantitative estimate of drug-likeness (QED) is 0.665. The highest BCUT2D eigenvalue weighted by Gasteiger charge is 2.44. The van der Waals surface area contributed by atoms with E-state index in [9.17, 15) is 40.3 Å². The van der Waals surface area contributed by atoms with Crippen LogP contribution in [-0.2, 0) is 0 Å². The third-order valence-electron chi connectivity index (χ3n) is 3.69. The van der Waals surface area contributed by atoms with Gasteiger partial charge < -0.3 is 4.74 Å². The van der Waals surface area contributed by atoms with Gasteiger partial charge in [0.05, 0.1) is 5.69 Å². The lowest BCUT2D eigenvalue weighted by atomic mass is 10.2. The van der Waals surface area contributed by atoms with Gasteiger partial charge in [-0.2, -0.15) is 17.6 Å². The zero-order chi connectivity index (χ0) is 22.6. The van der Waals surface area contributed by atoms with Crippen molar-refractivity contribution in [3.8, 4) is 5.75 Å². The van der Waals surface area contributed by atoms with Gasteiger partial charge in [-0.3, -0.25) is 15.0 Å². The topological polar surface area (TPSA) is 58.6 Å². The highest BCUT2D eigenvalue weighted by molar-refractivity contribution is 6.09. The van der Waals surface area contributed by atoms with E-state index in [0.717, 1.165) is 24.3 Å². The van der Waals surface area contributed by atoms with Crippen LogP contribution in [0.25, 0.3) is 0 Å². The lowest BCUT2D eigenvalue weighted by Crippen LogP contribution is -2.43. The van der Waals surface area contributed by atoms with Gasteiger partial charge >= 0.3 is 18.6 Å². The van der Waals surface area contributed by atoms with E-state index < -0.39 is 58.9 Å². The molecule has 0 aromatic heterocycles. The summed E-state index contributed by atoms with van der Waals surface area (Å²) in [7, 11) is 0. The number of hydrogen-bond acceptors (Lipinski definition) is 3. The molecule has 0 aliphatic carbocycles. The maximum Gasteiger partial charge on any atom is 0.461 e. The van der Waals surface area contributed by atoms with E-state index in [-0.39, 0.29) is 6.54 Å². The lowest BCUT2D eigenvalue weighted by molar-refractivity contribution is -0.253. The second-order valence-electron chi connectivity index (χ2n) is 5.68. The first-order valence-corrected chi connectivity index (χ1v) is 8.19. The van der Waals surface area contributed by atoms with Crippen molar-refractivity contribution in [2.45, 2.75) is 19.5 Å². The number of anilines is 1. The van der Waals surface area contributed by atoms with Crippen LogP contribution >= 0.6 is 0 Å². The Balaban J connectivity index is 2.22. The maximum atomic E-state index is 14.3. The summed E-state index contributed by atoms with van der Waals surface area (Å²) < 4.78 is 95.5. The minimum atomic E-state index is -4.87. The molecule has 2 rings (SSSR count). The molecule has 0 bridgehead atoms. The van der Waals surface area contributed by atoms with Gasteiger partial charge in [-0.1, -0.05) is 6.07 Å². The van der Waals surface area contributed by atoms with Crippen LogP contribution in [0.4, 0.5) is 41.2 Å². The Morgan fingerprint density at radius 1 is 1.07 bits per heavy atom. The van der Waals surface area contributed by atoms with Crippen molar-refractivity contribution in [2.24, 2.45) is 0 Å². The van der Waals surface area contributed by atoms with E-state index in [4.69, 9.17) is 0 Å². The molecule has 2 aromatic rings. The number of ether oxygens (including phenoxy) is 1. The molecule has 12 heteroatoms. The Bertz CT molecular complexity index is 933. The zero-order valence-electron chi connectivity index (χ0n) is 15.1. The highest BCUT2D eigenvalue weighted by atomic mass is 19.3. The van der Waals surface area contributed by atoms with Gasteiger partial charge in [0.15, 0.2) is 5.82 Å². The Labute approximate surface area is 165 Å². The molecule has 0 spiro atoms. The number of carbonyl (C=O) groups excluding carboxylic acids is 2. The maximum absolute atomic E-state index is 14.3. The number of carbonyl (C=O) groups is 2. The summed E-state index contributed by atoms with van der Waals surface area (Å²) in [6.45, 7) is 1.09. The van der Waals surface area contributed by atoms with Crippen molar-refractivity contribution in [3.05, 3.63) is 59.4 Å². The number of halogens is 7. The highest BCUT2D eigenvalue weighted by Crippen LogP contribution is 2.30. The second kappa shape index (κ2) is 9.01. The molecule has 5 nitrogen and oxygen atoms in total. The fourth-order valence-electron chi connectivity index (χ4n) is 2.34. The van der Waals surface area contributed by atoms with Crippen LogP contribution in [0.2, 0.25) is 0 Å². The largest absolute Gasteiger partial charge is 0.461 e. The van der Waals surface area contributed by atoms with Gasteiger partial charge in [0.1, 0.15) is 22.9 Å². The summed E-state index contributed by atoms with van der Waals surface area (Å²) in [5.74, 6) is -6.18. The molecule has 162 valence electrons. The molecule has 0 radical (unpaired) electrons. The number of alkyl halides is 4. The van der Waals surface area contributed by atoms with Gasteiger partial charge in [0.25, 0.3) is 5.91 Å². The third kappa shape index (κ3) is 4.99. The SMILES string of the molecule is CCN(C(=O)NC(=O)c1c(F)cccc1F)c1ccc(OC(F)(F)C(F)F)cc1F. The van der Waals surface area contributed by atoms with E-state index >= 15 is 0 Å². The lowest BCUT2D eigenvalue weighted by Gasteiger charge is -2.23. The Kier molecular flexibility index (Phi) is 6.90. The van der Waals surface area contributed by atoms with Gasteiger partial charge in [-0.15, -0.1) is 0 Å². The fraction of sp³-hybridized carbons (Fsp3) is 0.222. The molecule has 3 amide bonds. The molecule has 0 atom stereocenters. The molecule has 0 aliphatic rings. The van der Waals surface area contributed by atoms with Crippen LogP contribution in [0.15, 0.2) is 36.4 Å². The van der Waals surface area contributed by atoms with Crippen molar-refractivity contribution >= 4 is 17.6 Å². The van der Waals surface area contributed by atoms with Crippen molar-refractivity contribution in [1.29, 1.82) is 0 Å². The monoisotopic (exact) mass is 438 g/mol. The zero-order valence-corrected chi connectivity index (χ0v) is 15.1. The number of urea groups is 1. The molecule has 1 N–H and O–H groups in total. The summed E-state index contributed by atoms with van der Waals surface area (Å²) in [6.07, 6.45) is -9.03. The van der Waals surface area contributed by atoms with Crippen LogP contribution in [0.1, 0.15) is 17.3 Å². The third-order valence-corrected chi connectivity index (χ3v) is 3.69. The smallest absolute Gasteiger partial charge is 0.428 e. The second-order valence-corrected chi connectivity index (χ2v) is 5.68. The molecular formula is C18H13F7N2O3. The first-order chi connectivity index (χ1) is 14.0. The van der Waals surface area contributed by atoms with E-state index in [1.54, 1.807) is 5.32 Å². The number of benzene rings is 2. The minimum absolute atomic E-state index is 0.261. The summed E-state index contributed by atoms with van der Waals surface area (Å²) in [4.78, 5) is 24.9. The van der Waals surface area contributed by atoms with Crippen LogP contribution < -0.4 is 15.0 Å². The Morgan fingerprint density at radius 2 is 1.67 bits per heavy atom. The van der Waals surface area contributed by atoms with Gasteiger partial charge in [-0.25, -0.2) is 18.0 Å². The fourth-order valence-corrected chi connectivity index (χ4v) is 2.34. The first-order valence-electron chi connectivity index (χ1n) is 8.19. The van der Waals surface area contributed by atoms with Crippen molar-refractivity contribution in [2.75, 3.05) is 11.4 Å². The number of rotatable bonds is 6. The molecule has 0 unspecified atom stereocenters. The molecule has 0 saturated carbocycles. The summed E-state index contributed by atoms with van der Waals surface area (Å²) in [5, 5.41) is 1.67. The van der Waals surface area contributed by atoms with Crippen molar-refractivity contribution in [3.63, 3.8) is 0 Å². The van der Waals surface area contributed by atoms with Crippen LogP contribution in [0, 0.1) is 17.5 Å². The van der Waals surface area contributed by atoms with Crippen LogP contribution in [0.3, 0.4) is 0 Å². The van der Waals surface area contributed by atoms with E-state index in [1.807, 2.05) is 0 Å². The molecule has 0 aliphatic heterocycles.